The van der Waals surface area contributed by atoms with E-state index in [1.807, 2.05) is 11.8 Å². The largest absolute Gasteiger partial charge is 0.198 e. The summed E-state index contributed by atoms with van der Waals surface area (Å²) >= 11 is 2.03. The van der Waals surface area contributed by atoms with Gasteiger partial charge in [0.1, 0.15) is 0 Å². The van der Waals surface area contributed by atoms with Gasteiger partial charge in [-0.2, -0.15) is 17.0 Å². The van der Waals surface area contributed by atoms with Crippen LogP contribution < -0.4 is 0 Å². The second-order valence-electron chi connectivity index (χ2n) is 3.20. The Bertz CT molecular complexity index is 128. The van der Waals surface area contributed by atoms with Crippen molar-refractivity contribution in [2.24, 2.45) is 5.92 Å². The number of unbranched alkanes of at least 4 members (excludes halogenated alkanes) is 2. The van der Waals surface area contributed by atoms with E-state index in [1.54, 1.807) is 0 Å². The molecule has 0 saturated carbocycles. The van der Waals surface area contributed by atoms with Gasteiger partial charge in [-0.3, -0.25) is 0 Å². The molecule has 0 bridgehead atoms. The van der Waals surface area contributed by atoms with Crippen LogP contribution in [0.2, 0.25) is 0 Å². The van der Waals surface area contributed by atoms with Crippen molar-refractivity contribution in [2.45, 2.75) is 39.5 Å². The zero-order valence-electron chi connectivity index (χ0n) is 8.18. The van der Waals surface area contributed by atoms with Crippen molar-refractivity contribution in [1.29, 1.82) is 5.26 Å². The fourth-order valence-electron chi connectivity index (χ4n) is 0.811. The van der Waals surface area contributed by atoms with Gasteiger partial charge in [0.25, 0.3) is 0 Å². The summed E-state index contributed by atoms with van der Waals surface area (Å²) in [5, 5.41) is 8.29. The summed E-state index contributed by atoms with van der Waals surface area (Å²) in [6.07, 6.45) is 4.29. The van der Waals surface area contributed by atoms with Crippen LogP contribution in [0.15, 0.2) is 0 Å². The SMILES string of the molecule is CCC(C)CSCCCCC#N. The Balaban J connectivity index is 2.96. The molecule has 0 aromatic heterocycles. The maximum atomic E-state index is 8.29. The Morgan fingerprint density at radius 2 is 2.17 bits per heavy atom. The minimum atomic E-state index is 0.726. The van der Waals surface area contributed by atoms with Crippen LogP contribution in [0.5, 0.6) is 0 Å². The summed E-state index contributed by atoms with van der Waals surface area (Å²) in [7, 11) is 0. The molecule has 0 aromatic carbocycles. The molecule has 12 heavy (non-hydrogen) atoms. The van der Waals surface area contributed by atoms with Gasteiger partial charge in [-0.1, -0.05) is 20.3 Å². The van der Waals surface area contributed by atoms with E-state index < -0.39 is 0 Å². The minimum Gasteiger partial charge on any atom is -0.198 e. The first-order chi connectivity index (χ1) is 5.81. The smallest absolute Gasteiger partial charge is 0.0621 e. The molecule has 0 fully saturated rings. The number of thioether (sulfide) groups is 1. The number of rotatable bonds is 7. The fourth-order valence-corrected chi connectivity index (χ4v) is 2.02. The van der Waals surface area contributed by atoms with Crippen LogP contribution in [0.1, 0.15) is 39.5 Å². The van der Waals surface area contributed by atoms with E-state index in [0.29, 0.717) is 0 Å². The molecule has 0 N–H and O–H groups in total. The number of hydrogen-bond donors (Lipinski definition) is 0. The molecular weight excluding hydrogens is 166 g/mol. The predicted molar refractivity (Wildman–Crippen MR) is 56.2 cm³/mol. The van der Waals surface area contributed by atoms with Crippen molar-refractivity contribution >= 4 is 11.8 Å². The van der Waals surface area contributed by atoms with Crippen molar-refractivity contribution in [2.75, 3.05) is 11.5 Å². The molecule has 1 nitrogen and oxygen atoms in total. The van der Waals surface area contributed by atoms with Gasteiger partial charge in [-0.15, -0.1) is 0 Å². The summed E-state index contributed by atoms with van der Waals surface area (Å²) in [5.74, 6) is 3.36. The normalized spacial score (nSPS) is 12.4. The molecule has 0 aliphatic carbocycles. The Morgan fingerprint density at radius 1 is 1.42 bits per heavy atom. The molecular formula is C10H19NS. The molecule has 0 heterocycles. The molecule has 0 radical (unpaired) electrons. The Labute approximate surface area is 80.5 Å². The maximum Gasteiger partial charge on any atom is 0.0621 e. The molecule has 1 atom stereocenters. The molecule has 2 heteroatoms. The second kappa shape index (κ2) is 8.93. The molecule has 0 spiro atoms. The topological polar surface area (TPSA) is 23.8 Å². The highest BCUT2D eigenvalue weighted by Gasteiger charge is 1.97. The van der Waals surface area contributed by atoms with Gasteiger partial charge < -0.3 is 0 Å². The van der Waals surface area contributed by atoms with Crippen LogP contribution in [0.25, 0.3) is 0 Å². The van der Waals surface area contributed by atoms with Gasteiger partial charge in [0, 0.05) is 6.42 Å². The van der Waals surface area contributed by atoms with E-state index in [-0.39, 0.29) is 0 Å². The first kappa shape index (κ1) is 11.8. The zero-order chi connectivity index (χ0) is 9.23. The van der Waals surface area contributed by atoms with Crippen molar-refractivity contribution in [1.82, 2.24) is 0 Å². The van der Waals surface area contributed by atoms with Crippen molar-refractivity contribution < 1.29 is 0 Å². The highest BCUT2D eigenvalue weighted by atomic mass is 32.2. The van der Waals surface area contributed by atoms with E-state index in [9.17, 15) is 0 Å². The zero-order valence-corrected chi connectivity index (χ0v) is 8.99. The third kappa shape index (κ3) is 7.94. The monoisotopic (exact) mass is 185 g/mol. The van der Waals surface area contributed by atoms with Gasteiger partial charge in [0.2, 0.25) is 0 Å². The summed E-state index contributed by atoms with van der Waals surface area (Å²) in [6, 6.07) is 2.17. The Kier molecular flexibility index (Phi) is 8.81. The van der Waals surface area contributed by atoms with Crippen LogP contribution in [-0.2, 0) is 0 Å². The quantitative estimate of drug-likeness (QED) is 0.567. The Morgan fingerprint density at radius 3 is 2.75 bits per heavy atom. The van der Waals surface area contributed by atoms with Crippen LogP contribution in [0.4, 0.5) is 0 Å². The number of nitrogens with zero attached hydrogens (tertiary/aromatic N) is 1. The van der Waals surface area contributed by atoms with Crippen LogP contribution >= 0.6 is 11.8 Å². The first-order valence-corrected chi connectivity index (χ1v) is 5.91. The summed E-state index contributed by atoms with van der Waals surface area (Å²) in [4.78, 5) is 0. The summed E-state index contributed by atoms with van der Waals surface area (Å²) in [6.45, 7) is 4.53. The average Bonchev–Trinajstić information content (AvgIpc) is 2.10. The lowest BCUT2D eigenvalue weighted by molar-refractivity contribution is 0.636. The third-order valence-corrected chi connectivity index (χ3v) is 3.31. The molecule has 0 aliphatic heterocycles. The lowest BCUT2D eigenvalue weighted by atomic mass is 10.2. The van der Waals surface area contributed by atoms with E-state index in [1.165, 1.54) is 24.3 Å². The molecule has 0 amide bonds. The standard InChI is InChI=1S/C10H19NS/c1-3-10(2)9-12-8-6-4-5-7-11/h10H,3-6,8-9H2,1-2H3. The number of nitriles is 1. The van der Waals surface area contributed by atoms with E-state index in [2.05, 4.69) is 19.9 Å². The lowest BCUT2D eigenvalue weighted by Crippen LogP contribution is -1.96. The lowest BCUT2D eigenvalue weighted by Gasteiger charge is -2.06. The van der Waals surface area contributed by atoms with Gasteiger partial charge in [-0.25, -0.2) is 0 Å². The maximum absolute atomic E-state index is 8.29. The third-order valence-electron chi connectivity index (χ3n) is 1.93. The predicted octanol–water partition coefficient (Wildman–Crippen LogP) is 3.46. The summed E-state index contributed by atoms with van der Waals surface area (Å²) < 4.78 is 0. The number of hydrogen-bond acceptors (Lipinski definition) is 2. The minimum absolute atomic E-state index is 0.726. The van der Waals surface area contributed by atoms with E-state index >= 15 is 0 Å². The molecule has 0 rings (SSSR count). The Hall–Kier alpha value is -0.160. The molecule has 70 valence electrons. The van der Waals surface area contributed by atoms with Crippen molar-refractivity contribution in [3.63, 3.8) is 0 Å². The highest BCUT2D eigenvalue weighted by Crippen LogP contribution is 2.13. The van der Waals surface area contributed by atoms with Gasteiger partial charge in [0.15, 0.2) is 0 Å². The van der Waals surface area contributed by atoms with E-state index in [4.69, 9.17) is 5.26 Å². The molecule has 1 unspecified atom stereocenters. The first-order valence-electron chi connectivity index (χ1n) is 4.76. The van der Waals surface area contributed by atoms with Gasteiger partial charge in [-0.05, 0) is 30.3 Å². The van der Waals surface area contributed by atoms with Crippen LogP contribution in [0.3, 0.4) is 0 Å². The fraction of sp³-hybridized carbons (Fsp3) is 0.900. The van der Waals surface area contributed by atoms with Gasteiger partial charge in [0.05, 0.1) is 6.07 Å². The molecule has 0 aromatic rings. The van der Waals surface area contributed by atoms with E-state index in [0.717, 1.165) is 18.8 Å². The van der Waals surface area contributed by atoms with Crippen LogP contribution in [-0.4, -0.2) is 11.5 Å². The van der Waals surface area contributed by atoms with Crippen molar-refractivity contribution in [3.05, 3.63) is 0 Å². The van der Waals surface area contributed by atoms with Crippen molar-refractivity contribution in [3.8, 4) is 6.07 Å². The van der Waals surface area contributed by atoms with Gasteiger partial charge >= 0.3 is 0 Å². The molecule has 0 saturated heterocycles. The summed E-state index contributed by atoms with van der Waals surface area (Å²) in [5.41, 5.74) is 0. The second-order valence-corrected chi connectivity index (χ2v) is 4.35. The molecule has 0 aliphatic rings. The highest BCUT2D eigenvalue weighted by molar-refractivity contribution is 7.99. The average molecular weight is 185 g/mol. The van der Waals surface area contributed by atoms with Crippen LogP contribution in [0, 0.1) is 17.2 Å².